The van der Waals surface area contributed by atoms with Gasteiger partial charge in [0.1, 0.15) is 5.52 Å². The third-order valence-corrected chi connectivity index (χ3v) is 5.00. The summed E-state index contributed by atoms with van der Waals surface area (Å²) in [4.78, 5) is 16.6. The van der Waals surface area contributed by atoms with Gasteiger partial charge in [0.2, 0.25) is 11.8 Å². The van der Waals surface area contributed by atoms with Crippen LogP contribution in [-0.2, 0) is 6.18 Å². The van der Waals surface area contributed by atoms with Crippen molar-refractivity contribution in [2.24, 2.45) is 0 Å². The molecule has 1 aromatic carbocycles. The maximum absolute atomic E-state index is 13.5. The minimum absolute atomic E-state index is 0.00610. The largest absolute Gasteiger partial charge is 0.449 e. The first kappa shape index (κ1) is 16.9. The van der Waals surface area contributed by atoms with E-state index in [0.29, 0.717) is 18.8 Å². The lowest BCUT2D eigenvalue weighted by atomic mass is 9.86. The van der Waals surface area contributed by atoms with Gasteiger partial charge in [0.05, 0.1) is 5.52 Å². The summed E-state index contributed by atoms with van der Waals surface area (Å²) in [5, 5.41) is 4.15. The van der Waals surface area contributed by atoms with Crippen molar-refractivity contribution in [3.63, 3.8) is 0 Å². The summed E-state index contributed by atoms with van der Waals surface area (Å²) in [5.41, 5.74) is 1.34. The quantitative estimate of drug-likeness (QED) is 0.573. The zero-order valence-electron chi connectivity index (χ0n) is 14.6. The van der Waals surface area contributed by atoms with Gasteiger partial charge < -0.3 is 9.88 Å². The molecule has 3 heterocycles. The molecule has 0 aliphatic heterocycles. The van der Waals surface area contributed by atoms with Gasteiger partial charge >= 0.3 is 6.18 Å². The number of para-hydroxylation sites is 1. The first-order valence-corrected chi connectivity index (χ1v) is 8.87. The van der Waals surface area contributed by atoms with Crippen molar-refractivity contribution in [1.29, 1.82) is 0 Å². The Kier molecular flexibility index (Phi) is 3.71. The molecule has 0 saturated heterocycles. The molecule has 9 heteroatoms. The Hall–Kier alpha value is -3.23. The lowest BCUT2D eigenvalue weighted by Gasteiger charge is -2.37. The standard InChI is InChI=1S/C19H15F3N6/c20-19(21,22)17-26-15-6-3-7-23-16(15)28(17)13-8-12(9-13)25-18-24-10-11-4-1-2-5-14(11)27-18/h1-7,10,12-13H,8-9H2,(H,24,25,27). The lowest BCUT2D eigenvalue weighted by Crippen LogP contribution is -2.38. The molecule has 142 valence electrons. The molecule has 0 radical (unpaired) electrons. The predicted octanol–water partition coefficient (Wildman–Crippen LogP) is 4.21. The Morgan fingerprint density at radius 1 is 0.964 bits per heavy atom. The first-order chi connectivity index (χ1) is 13.5. The number of alkyl halides is 3. The SMILES string of the molecule is FC(F)(F)c1nc2cccnc2n1C1CC(Nc2ncc3ccccc3n2)C1. The van der Waals surface area contributed by atoms with Crippen molar-refractivity contribution >= 4 is 28.0 Å². The second-order valence-corrected chi connectivity index (χ2v) is 6.87. The van der Waals surface area contributed by atoms with Crippen LogP contribution in [0.2, 0.25) is 0 Å². The van der Waals surface area contributed by atoms with E-state index in [1.54, 1.807) is 18.3 Å². The van der Waals surface area contributed by atoms with Crippen LogP contribution in [0.25, 0.3) is 22.1 Å². The van der Waals surface area contributed by atoms with E-state index in [0.717, 1.165) is 10.9 Å². The van der Waals surface area contributed by atoms with Crippen LogP contribution in [0.4, 0.5) is 19.1 Å². The van der Waals surface area contributed by atoms with Crippen LogP contribution in [-0.4, -0.2) is 30.5 Å². The number of aromatic nitrogens is 5. The highest BCUT2D eigenvalue weighted by Crippen LogP contribution is 2.41. The number of pyridine rings is 1. The van der Waals surface area contributed by atoms with E-state index in [1.165, 1.54) is 10.8 Å². The van der Waals surface area contributed by atoms with Gasteiger partial charge in [0, 0.05) is 29.9 Å². The summed E-state index contributed by atoms with van der Waals surface area (Å²) in [6.07, 6.45) is -0.281. The van der Waals surface area contributed by atoms with Crippen molar-refractivity contribution < 1.29 is 13.2 Å². The highest BCUT2D eigenvalue weighted by Gasteiger charge is 2.42. The zero-order chi connectivity index (χ0) is 19.3. The molecule has 0 spiro atoms. The van der Waals surface area contributed by atoms with Gasteiger partial charge in [0.25, 0.3) is 0 Å². The highest BCUT2D eigenvalue weighted by molar-refractivity contribution is 5.78. The van der Waals surface area contributed by atoms with Gasteiger partial charge in [-0.25, -0.2) is 19.9 Å². The molecule has 0 bridgehead atoms. The zero-order valence-corrected chi connectivity index (χ0v) is 14.6. The molecule has 1 N–H and O–H groups in total. The molecule has 6 nitrogen and oxygen atoms in total. The number of anilines is 1. The number of imidazole rings is 1. The fraction of sp³-hybridized carbons (Fsp3) is 0.263. The molecule has 1 saturated carbocycles. The molecule has 1 aliphatic rings. The van der Waals surface area contributed by atoms with Crippen molar-refractivity contribution in [2.45, 2.75) is 31.1 Å². The minimum Gasteiger partial charge on any atom is -0.351 e. The molecule has 4 aromatic rings. The second-order valence-electron chi connectivity index (χ2n) is 6.87. The number of benzene rings is 1. The molecule has 1 fully saturated rings. The van der Waals surface area contributed by atoms with Gasteiger partial charge in [-0.05, 0) is 31.0 Å². The molecule has 5 rings (SSSR count). The smallest absolute Gasteiger partial charge is 0.351 e. The maximum Gasteiger partial charge on any atom is 0.449 e. The van der Waals surface area contributed by atoms with Crippen LogP contribution in [0.3, 0.4) is 0 Å². The predicted molar refractivity (Wildman–Crippen MR) is 97.7 cm³/mol. The summed E-state index contributed by atoms with van der Waals surface area (Å²) < 4.78 is 41.6. The second kappa shape index (κ2) is 6.15. The Bertz CT molecular complexity index is 1160. The number of halogens is 3. The Labute approximate surface area is 157 Å². The summed E-state index contributed by atoms with van der Waals surface area (Å²) in [6, 6.07) is 10.4. The van der Waals surface area contributed by atoms with E-state index in [1.807, 2.05) is 24.3 Å². The molecule has 0 unspecified atom stereocenters. The third-order valence-electron chi connectivity index (χ3n) is 5.00. The van der Waals surface area contributed by atoms with Gasteiger partial charge in [-0.15, -0.1) is 0 Å². The number of nitrogens with zero attached hydrogens (tertiary/aromatic N) is 5. The highest BCUT2D eigenvalue weighted by atomic mass is 19.4. The van der Waals surface area contributed by atoms with Crippen LogP contribution < -0.4 is 5.32 Å². The average molecular weight is 384 g/mol. The van der Waals surface area contributed by atoms with Crippen molar-refractivity contribution in [3.8, 4) is 0 Å². The topological polar surface area (TPSA) is 68.5 Å². The summed E-state index contributed by atoms with van der Waals surface area (Å²) >= 11 is 0. The molecule has 28 heavy (non-hydrogen) atoms. The molecule has 3 aromatic heterocycles. The molecular weight excluding hydrogens is 369 g/mol. The average Bonchev–Trinajstić information content (AvgIpc) is 3.04. The van der Waals surface area contributed by atoms with E-state index in [-0.39, 0.29) is 23.2 Å². The molecule has 0 atom stereocenters. The van der Waals surface area contributed by atoms with Crippen LogP contribution in [0.15, 0.2) is 48.8 Å². The Balaban J connectivity index is 1.38. The summed E-state index contributed by atoms with van der Waals surface area (Å²) in [7, 11) is 0. The Morgan fingerprint density at radius 2 is 1.75 bits per heavy atom. The van der Waals surface area contributed by atoms with Crippen molar-refractivity contribution in [1.82, 2.24) is 24.5 Å². The summed E-state index contributed by atoms with van der Waals surface area (Å²) in [6.45, 7) is 0. The number of rotatable bonds is 3. The lowest BCUT2D eigenvalue weighted by molar-refractivity contribution is -0.148. The van der Waals surface area contributed by atoms with Crippen molar-refractivity contribution in [2.75, 3.05) is 5.32 Å². The Morgan fingerprint density at radius 3 is 2.57 bits per heavy atom. The van der Waals surface area contributed by atoms with Crippen molar-refractivity contribution in [3.05, 3.63) is 54.6 Å². The fourth-order valence-electron chi connectivity index (χ4n) is 3.62. The van der Waals surface area contributed by atoms with Gasteiger partial charge in [0.15, 0.2) is 5.65 Å². The number of hydrogen-bond acceptors (Lipinski definition) is 5. The third kappa shape index (κ3) is 2.83. The number of fused-ring (bicyclic) bond motifs is 2. The summed E-state index contributed by atoms with van der Waals surface area (Å²) in [5.74, 6) is -0.418. The van der Waals surface area contributed by atoms with E-state index < -0.39 is 12.0 Å². The monoisotopic (exact) mass is 384 g/mol. The number of nitrogens with one attached hydrogen (secondary N) is 1. The van der Waals surface area contributed by atoms with Crippen LogP contribution >= 0.6 is 0 Å². The van der Waals surface area contributed by atoms with E-state index in [2.05, 4.69) is 25.3 Å². The van der Waals surface area contributed by atoms with E-state index in [9.17, 15) is 13.2 Å². The van der Waals surface area contributed by atoms with Crippen LogP contribution in [0, 0.1) is 0 Å². The molecular formula is C19H15F3N6. The van der Waals surface area contributed by atoms with Crippen LogP contribution in [0.5, 0.6) is 0 Å². The van der Waals surface area contributed by atoms with Gasteiger partial charge in [-0.1, -0.05) is 18.2 Å². The number of hydrogen-bond donors (Lipinski definition) is 1. The van der Waals surface area contributed by atoms with E-state index in [4.69, 9.17) is 0 Å². The molecule has 0 amide bonds. The van der Waals surface area contributed by atoms with Gasteiger partial charge in [-0.2, -0.15) is 13.2 Å². The maximum atomic E-state index is 13.5. The van der Waals surface area contributed by atoms with Gasteiger partial charge in [-0.3, -0.25) is 0 Å². The van der Waals surface area contributed by atoms with E-state index >= 15 is 0 Å². The van der Waals surface area contributed by atoms with Crippen LogP contribution in [0.1, 0.15) is 24.7 Å². The normalized spacial score (nSPS) is 19.7. The fourth-order valence-corrected chi connectivity index (χ4v) is 3.62. The molecule has 1 aliphatic carbocycles. The minimum atomic E-state index is -4.53. The first-order valence-electron chi connectivity index (χ1n) is 8.87.